The van der Waals surface area contributed by atoms with Gasteiger partial charge in [-0.2, -0.15) is 0 Å². The summed E-state index contributed by atoms with van der Waals surface area (Å²) in [5.74, 6) is 0.470. The maximum atomic E-state index is 12.8. The smallest absolute Gasteiger partial charge is 0.236 e. The third kappa shape index (κ3) is 5.90. The van der Waals surface area contributed by atoms with E-state index >= 15 is 0 Å². The van der Waals surface area contributed by atoms with E-state index in [0.717, 1.165) is 71.9 Å². The first-order chi connectivity index (χ1) is 13.2. The molecule has 3 rings (SSSR count). The molecular formula is C20H36N4O3. The van der Waals surface area contributed by atoms with Gasteiger partial charge in [0.2, 0.25) is 11.8 Å². The lowest BCUT2D eigenvalue weighted by atomic mass is 9.94. The molecule has 3 fully saturated rings. The van der Waals surface area contributed by atoms with Gasteiger partial charge in [-0.15, -0.1) is 0 Å². The van der Waals surface area contributed by atoms with Crippen LogP contribution < -0.4 is 0 Å². The molecule has 2 saturated heterocycles. The van der Waals surface area contributed by atoms with Gasteiger partial charge in [0, 0.05) is 51.9 Å². The van der Waals surface area contributed by atoms with E-state index in [1.807, 2.05) is 4.90 Å². The molecule has 2 amide bonds. The standard InChI is InChI=1S/C20H36N4O3/c1-2-24(18-6-4-3-5-7-18)20(26)17-21-8-10-23(11-9-21)19(25)16-22-12-14-27-15-13-22/h18H,2-17H2,1H3. The summed E-state index contributed by atoms with van der Waals surface area (Å²) < 4.78 is 5.34. The van der Waals surface area contributed by atoms with Crippen LogP contribution in [0.4, 0.5) is 0 Å². The zero-order valence-corrected chi connectivity index (χ0v) is 16.9. The molecule has 0 atom stereocenters. The summed E-state index contributed by atoms with van der Waals surface area (Å²) in [6.07, 6.45) is 6.12. The van der Waals surface area contributed by atoms with Crippen LogP contribution in [0.2, 0.25) is 0 Å². The SMILES string of the molecule is CCN(C(=O)CN1CCN(C(=O)CN2CCOCC2)CC1)C1CCCCC1. The number of nitrogens with zero attached hydrogens (tertiary/aromatic N) is 4. The minimum absolute atomic E-state index is 0.209. The minimum atomic E-state index is 0.209. The van der Waals surface area contributed by atoms with Crippen LogP contribution in [0.3, 0.4) is 0 Å². The number of piperazine rings is 1. The second kappa shape index (κ2) is 10.4. The summed E-state index contributed by atoms with van der Waals surface area (Å²) in [4.78, 5) is 33.7. The van der Waals surface area contributed by atoms with Crippen molar-refractivity contribution in [2.24, 2.45) is 0 Å². The van der Waals surface area contributed by atoms with Gasteiger partial charge in [0.25, 0.3) is 0 Å². The average Bonchev–Trinajstić information content (AvgIpc) is 2.70. The van der Waals surface area contributed by atoms with Gasteiger partial charge in [0.05, 0.1) is 26.3 Å². The number of morpholine rings is 1. The zero-order chi connectivity index (χ0) is 19.1. The molecule has 2 aliphatic heterocycles. The third-order valence-electron chi connectivity index (χ3n) is 6.22. The minimum Gasteiger partial charge on any atom is -0.379 e. The number of rotatable bonds is 6. The van der Waals surface area contributed by atoms with Crippen LogP contribution in [0, 0.1) is 0 Å². The molecule has 154 valence electrons. The lowest BCUT2D eigenvalue weighted by molar-refractivity contribution is -0.137. The third-order valence-corrected chi connectivity index (χ3v) is 6.22. The topological polar surface area (TPSA) is 56.3 Å². The maximum absolute atomic E-state index is 12.8. The number of amides is 2. The molecule has 0 aromatic carbocycles. The van der Waals surface area contributed by atoms with Crippen molar-refractivity contribution in [1.29, 1.82) is 0 Å². The van der Waals surface area contributed by atoms with Crippen molar-refractivity contribution in [2.75, 3.05) is 72.1 Å². The Kier molecular flexibility index (Phi) is 7.91. The average molecular weight is 381 g/mol. The summed E-state index contributed by atoms with van der Waals surface area (Å²) in [6.45, 7) is 10.1. The van der Waals surface area contributed by atoms with Crippen LogP contribution in [0.1, 0.15) is 39.0 Å². The molecule has 0 unspecified atom stereocenters. The van der Waals surface area contributed by atoms with Crippen LogP contribution in [-0.4, -0.2) is 110 Å². The number of carbonyl (C=O) groups excluding carboxylic acids is 2. The fraction of sp³-hybridized carbons (Fsp3) is 0.900. The van der Waals surface area contributed by atoms with E-state index in [1.165, 1.54) is 19.3 Å². The van der Waals surface area contributed by atoms with Gasteiger partial charge in [-0.25, -0.2) is 0 Å². The van der Waals surface area contributed by atoms with E-state index in [2.05, 4.69) is 21.6 Å². The Bertz CT molecular complexity index is 482. The van der Waals surface area contributed by atoms with Gasteiger partial charge in [0.1, 0.15) is 0 Å². The largest absolute Gasteiger partial charge is 0.379 e. The van der Waals surface area contributed by atoms with Crippen LogP contribution in [0.15, 0.2) is 0 Å². The summed E-state index contributed by atoms with van der Waals surface area (Å²) in [7, 11) is 0. The molecule has 0 bridgehead atoms. The maximum Gasteiger partial charge on any atom is 0.236 e. The molecule has 0 aromatic rings. The molecule has 1 saturated carbocycles. The molecule has 2 heterocycles. The number of hydrogen-bond donors (Lipinski definition) is 0. The highest BCUT2D eigenvalue weighted by Crippen LogP contribution is 2.22. The van der Waals surface area contributed by atoms with Crippen molar-refractivity contribution < 1.29 is 14.3 Å². The molecule has 0 spiro atoms. The summed E-state index contributed by atoms with van der Waals surface area (Å²) in [6, 6.07) is 0.438. The summed E-state index contributed by atoms with van der Waals surface area (Å²) in [5.41, 5.74) is 0. The summed E-state index contributed by atoms with van der Waals surface area (Å²) in [5, 5.41) is 0. The molecule has 0 radical (unpaired) electrons. The summed E-state index contributed by atoms with van der Waals surface area (Å²) >= 11 is 0. The normalized spacial score (nSPS) is 23.4. The predicted molar refractivity (Wildman–Crippen MR) is 105 cm³/mol. The first-order valence-electron chi connectivity index (χ1n) is 10.8. The monoisotopic (exact) mass is 380 g/mol. The van der Waals surface area contributed by atoms with Crippen LogP contribution in [-0.2, 0) is 14.3 Å². The number of carbonyl (C=O) groups is 2. The van der Waals surface area contributed by atoms with Crippen molar-refractivity contribution in [1.82, 2.24) is 19.6 Å². The number of likely N-dealkylation sites (N-methyl/N-ethyl adjacent to an activating group) is 1. The highest BCUT2D eigenvalue weighted by molar-refractivity contribution is 5.79. The van der Waals surface area contributed by atoms with Crippen LogP contribution in [0.25, 0.3) is 0 Å². The number of hydrogen-bond acceptors (Lipinski definition) is 5. The fourth-order valence-electron chi connectivity index (χ4n) is 4.52. The van der Waals surface area contributed by atoms with E-state index in [9.17, 15) is 9.59 Å². The van der Waals surface area contributed by atoms with Crippen LogP contribution >= 0.6 is 0 Å². The Balaban J connectivity index is 1.40. The van der Waals surface area contributed by atoms with Gasteiger partial charge < -0.3 is 14.5 Å². The van der Waals surface area contributed by atoms with Crippen LogP contribution in [0.5, 0.6) is 0 Å². The number of ether oxygens (including phenoxy) is 1. The highest BCUT2D eigenvalue weighted by Gasteiger charge is 2.28. The lowest BCUT2D eigenvalue weighted by Crippen LogP contribution is -2.54. The van der Waals surface area contributed by atoms with Crippen molar-refractivity contribution in [3.8, 4) is 0 Å². The Morgan fingerprint density at radius 2 is 1.52 bits per heavy atom. The second-order valence-corrected chi connectivity index (χ2v) is 8.02. The van der Waals surface area contributed by atoms with Gasteiger partial charge in [-0.3, -0.25) is 19.4 Å². The molecule has 3 aliphatic rings. The van der Waals surface area contributed by atoms with Gasteiger partial charge in [0.15, 0.2) is 0 Å². The quantitative estimate of drug-likeness (QED) is 0.677. The first kappa shape index (κ1) is 20.6. The Hall–Kier alpha value is -1.18. The Labute approximate surface area is 163 Å². The van der Waals surface area contributed by atoms with Crippen molar-refractivity contribution in [2.45, 2.75) is 45.1 Å². The second-order valence-electron chi connectivity index (χ2n) is 8.02. The zero-order valence-electron chi connectivity index (χ0n) is 16.9. The van der Waals surface area contributed by atoms with E-state index in [0.29, 0.717) is 19.1 Å². The van der Waals surface area contributed by atoms with Gasteiger partial charge in [-0.05, 0) is 19.8 Å². The Morgan fingerprint density at radius 3 is 2.15 bits per heavy atom. The van der Waals surface area contributed by atoms with Crippen molar-refractivity contribution in [3.05, 3.63) is 0 Å². The van der Waals surface area contributed by atoms with Crippen molar-refractivity contribution >= 4 is 11.8 Å². The molecule has 27 heavy (non-hydrogen) atoms. The molecule has 0 aromatic heterocycles. The molecule has 7 heteroatoms. The lowest BCUT2D eigenvalue weighted by Gasteiger charge is -2.38. The molecule has 1 aliphatic carbocycles. The van der Waals surface area contributed by atoms with E-state index < -0.39 is 0 Å². The van der Waals surface area contributed by atoms with E-state index in [1.54, 1.807) is 0 Å². The van der Waals surface area contributed by atoms with E-state index in [-0.39, 0.29) is 11.8 Å². The highest BCUT2D eigenvalue weighted by atomic mass is 16.5. The Morgan fingerprint density at radius 1 is 0.889 bits per heavy atom. The first-order valence-corrected chi connectivity index (χ1v) is 10.8. The van der Waals surface area contributed by atoms with E-state index in [4.69, 9.17) is 4.74 Å². The fourth-order valence-corrected chi connectivity index (χ4v) is 4.52. The predicted octanol–water partition coefficient (Wildman–Crippen LogP) is 0.644. The molecule has 0 N–H and O–H groups in total. The van der Waals surface area contributed by atoms with Gasteiger partial charge in [-0.1, -0.05) is 19.3 Å². The van der Waals surface area contributed by atoms with Gasteiger partial charge >= 0.3 is 0 Å². The molecular weight excluding hydrogens is 344 g/mol. The molecule has 7 nitrogen and oxygen atoms in total. The van der Waals surface area contributed by atoms with Crippen molar-refractivity contribution in [3.63, 3.8) is 0 Å².